The molecule has 0 aliphatic rings. The molecule has 162 valence electrons. The van der Waals surface area contributed by atoms with Gasteiger partial charge >= 0.3 is 0 Å². The van der Waals surface area contributed by atoms with Crippen LogP contribution in [-0.4, -0.2) is 35.5 Å². The van der Waals surface area contributed by atoms with Gasteiger partial charge in [0.1, 0.15) is 5.82 Å². The maximum Gasteiger partial charge on any atom is 0.260 e. The van der Waals surface area contributed by atoms with E-state index in [-0.39, 0.29) is 17.3 Å². The minimum Gasteiger partial charge on any atom is -0.384 e. The van der Waals surface area contributed by atoms with Gasteiger partial charge in [0.15, 0.2) is 14.9 Å². The second kappa shape index (κ2) is 8.64. The number of sulfone groups is 1. The fraction of sp³-hybridized carbons (Fsp3) is 0.0909. The van der Waals surface area contributed by atoms with Gasteiger partial charge in [0.05, 0.1) is 23.3 Å². The predicted molar refractivity (Wildman–Crippen MR) is 126 cm³/mol. The second-order valence-corrected chi connectivity index (χ2v) is 9.90. The Morgan fingerprint density at radius 1 is 1.12 bits per heavy atom. The SMILES string of the molecule is CS(=O)(=O)c1ncccc1N(Cc1cc(Br)c2ccc(N)nc2c1)C(=O)c1cccnc1. The van der Waals surface area contributed by atoms with Gasteiger partial charge in [-0.1, -0.05) is 15.9 Å². The molecule has 0 radical (unpaired) electrons. The van der Waals surface area contributed by atoms with Crippen molar-refractivity contribution in [1.29, 1.82) is 0 Å². The number of hydrogen-bond acceptors (Lipinski definition) is 7. The lowest BCUT2D eigenvalue weighted by atomic mass is 10.1. The van der Waals surface area contributed by atoms with Gasteiger partial charge in [-0.15, -0.1) is 0 Å². The number of pyridine rings is 3. The third-order valence-electron chi connectivity index (χ3n) is 4.73. The molecule has 32 heavy (non-hydrogen) atoms. The maximum atomic E-state index is 13.4. The number of halogens is 1. The van der Waals surface area contributed by atoms with Crippen molar-refractivity contribution in [2.75, 3.05) is 16.9 Å². The monoisotopic (exact) mass is 511 g/mol. The Morgan fingerprint density at radius 2 is 1.91 bits per heavy atom. The number of hydrogen-bond donors (Lipinski definition) is 1. The van der Waals surface area contributed by atoms with Crippen molar-refractivity contribution in [3.05, 3.63) is 82.7 Å². The maximum absolute atomic E-state index is 13.4. The van der Waals surface area contributed by atoms with E-state index in [9.17, 15) is 13.2 Å². The molecule has 2 N–H and O–H groups in total. The van der Waals surface area contributed by atoms with Crippen LogP contribution in [0, 0.1) is 0 Å². The highest BCUT2D eigenvalue weighted by molar-refractivity contribution is 9.10. The van der Waals surface area contributed by atoms with E-state index in [4.69, 9.17) is 5.73 Å². The number of rotatable bonds is 5. The van der Waals surface area contributed by atoms with Crippen LogP contribution in [0.5, 0.6) is 0 Å². The van der Waals surface area contributed by atoms with Gasteiger partial charge in [-0.05, 0) is 54.1 Å². The van der Waals surface area contributed by atoms with E-state index in [1.165, 1.54) is 17.3 Å². The molecule has 4 rings (SSSR count). The molecule has 0 saturated heterocycles. The normalized spacial score (nSPS) is 11.4. The molecule has 0 bridgehead atoms. The first-order valence-electron chi connectivity index (χ1n) is 9.45. The Hall–Kier alpha value is -3.37. The lowest BCUT2D eigenvalue weighted by Gasteiger charge is -2.24. The molecule has 0 aliphatic carbocycles. The Labute approximate surface area is 193 Å². The Morgan fingerprint density at radius 3 is 2.62 bits per heavy atom. The summed E-state index contributed by atoms with van der Waals surface area (Å²) in [7, 11) is -3.69. The zero-order valence-corrected chi connectivity index (χ0v) is 19.3. The van der Waals surface area contributed by atoms with E-state index in [1.54, 1.807) is 36.5 Å². The van der Waals surface area contributed by atoms with Crippen LogP contribution in [0.1, 0.15) is 15.9 Å². The Bertz CT molecular complexity index is 1430. The summed E-state index contributed by atoms with van der Waals surface area (Å²) in [5.74, 6) is -0.0378. The summed E-state index contributed by atoms with van der Waals surface area (Å²) in [6.45, 7) is 0.0763. The van der Waals surface area contributed by atoms with Crippen LogP contribution < -0.4 is 10.6 Å². The van der Waals surface area contributed by atoms with Crippen molar-refractivity contribution >= 4 is 54.1 Å². The second-order valence-electron chi connectivity index (χ2n) is 7.11. The minimum atomic E-state index is -3.69. The van der Waals surface area contributed by atoms with E-state index >= 15 is 0 Å². The first-order valence-corrected chi connectivity index (χ1v) is 12.1. The number of carbonyl (C=O) groups is 1. The largest absolute Gasteiger partial charge is 0.384 e. The molecule has 0 atom stereocenters. The van der Waals surface area contributed by atoms with Crippen LogP contribution in [0.2, 0.25) is 0 Å². The molecular formula is C22H18BrN5O3S. The summed E-state index contributed by atoms with van der Waals surface area (Å²) in [5, 5.41) is 0.686. The van der Waals surface area contributed by atoms with Crippen LogP contribution in [0.25, 0.3) is 10.9 Å². The highest BCUT2D eigenvalue weighted by Gasteiger charge is 2.25. The average Bonchev–Trinajstić information content (AvgIpc) is 2.77. The first-order chi connectivity index (χ1) is 15.2. The zero-order valence-electron chi connectivity index (χ0n) is 16.9. The third kappa shape index (κ3) is 4.46. The van der Waals surface area contributed by atoms with E-state index in [0.29, 0.717) is 16.9 Å². The van der Waals surface area contributed by atoms with Gasteiger partial charge in [-0.25, -0.2) is 18.4 Å². The summed E-state index contributed by atoms with van der Waals surface area (Å²) in [5.41, 5.74) is 7.71. The molecule has 3 aromatic heterocycles. The van der Waals surface area contributed by atoms with Crippen LogP contribution in [0.4, 0.5) is 11.5 Å². The lowest BCUT2D eigenvalue weighted by molar-refractivity contribution is 0.0984. The minimum absolute atomic E-state index is 0.0763. The molecule has 1 amide bonds. The van der Waals surface area contributed by atoms with Crippen molar-refractivity contribution in [1.82, 2.24) is 15.0 Å². The number of nitrogens with two attached hydrogens (primary N) is 1. The van der Waals surface area contributed by atoms with Gasteiger partial charge < -0.3 is 10.6 Å². The summed E-state index contributed by atoms with van der Waals surface area (Å²) >= 11 is 3.54. The lowest BCUT2D eigenvalue weighted by Crippen LogP contribution is -2.32. The number of amides is 1. The van der Waals surface area contributed by atoms with Gasteiger partial charge in [0.2, 0.25) is 0 Å². The van der Waals surface area contributed by atoms with Crippen molar-refractivity contribution in [3.8, 4) is 0 Å². The van der Waals surface area contributed by atoms with E-state index < -0.39 is 15.7 Å². The highest BCUT2D eigenvalue weighted by atomic mass is 79.9. The molecule has 0 saturated carbocycles. The fourth-order valence-electron chi connectivity index (χ4n) is 3.32. The third-order valence-corrected chi connectivity index (χ3v) is 6.40. The summed E-state index contributed by atoms with van der Waals surface area (Å²) in [4.78, 5) is 27.2. The van der Waals surface area contributed by atoms with Crippen LogP contribution in [-0.2, 0) is 16.4 Å². The van der Waals surface area contributed by atoms with Crippen LogP contribution in [0.3, 0.4) is 0 Å². The molecular weight excluding hydrogens is 494 g/mol. The number of aromatic nitrogens is 3. The number of anilines is 2. The molecule has 3 heterocycles. The van der Waals surface area contributed by atoms with E-state index in [1.807, 2.05) is 18.2 Å². The quantitative estimate of drug-likeness (QED) is 0.434. The molecule has 0 fully saturated rings. The zero-order chi connectivity index (χ0) is 22.9. The van der Waals surface area contributed by atoms with Gasteiger partial charge in [-0.3, -0.25) is 9.78 Å². The number of benzene rings is 1. The smallest absolute Gasteiger partial charge is 0.260 e. The molecule has 10 heteroatoms. The van der Waals surface area contributed by atoms with Crippen LogP contribution in [0.15, 0.2) is 76.6 Å². The van der Waals surface area contributed by atoms with E-state index in [2.05, 4.69) is 30.9 Å². The number of fused-ring (bicyclic) bond motifs is 1. The molecule has 1 aromatic carbocycles. The summed E-state index contributed by atoms with van der Waals surface area (Å²) < 4.78 is 25.6. The summed E-state index contributed by atoms with van der Waals surface area (Å²) in [6.07, 6.45) is 5.44. The molecule has 0 aliphatic heterocycles. The van der Waals surface area contributed by atoms with Crippen molar-refractivity contribution in [2.45, 2.75) is 11.6 Å². The van der Waals surface area contributed by atoms with Gasteiger partial charge in [-0.2, -0.15) is 0 Å². The average molecular weight is 512 g/mol. The topological polar surface area (TPSA) is 119 Å². The highest BCUT2D eigenvalue weighted by Crippen LogP contribution is 2.30. The van der Waals surface area contributed by atoms with Crippen LogP contribution >= 0.6 is 15.9 Å². The van der Waals surface area contributed by atoms with Crippen molar-refractivity contribution < 1.29 is 13.2 Å². The fourth-order valence-corrected chi connectivity index (χ4v) is 4.76. The Balaban J connectivity index is 1.86. The standard InChI is InChI=1S/C22H18BrN5O3S/c1-32(30,31)21-19(5-3-9-26-21)28(22(29)15-4-2-8-25-12-15)13-14-10-17(23)16-6-7-20(24)27-18(16)11-14/h2-12H,13H2,1H3,(H2,24,27). The number of nitrogens with zero attached hydrogens (tertiary/aromatic N) is 4. The van der Waals surface area contributed by atoms with Gasteiger partial charge in [0.25, 0.3) is 5.91 Å². The predicted octanol–water partition coefficient (Wildman–Crippen LogP) is 3.62. The number of carbonyl (C=O) groups excluding carboxylic acids is 1. The summed E-state index contributed by atoms with van der Waals surface area (Å²) in [6, 6.07) is 13.7. The van der Waals surface area contributed by atoms with Gasteiger partial charge in [0, 0.05) is 34.7 Å². The molecule has 0 unspecified atom stereocenters. The van der Waals surface area contributed by atoms with E-state index in [0.717, 1.165) is 21.7 Å². The molecule has 0 spiro atoms. The number of nitrogen functional groups attached to an aromatic ring is 1. The van der Waals surface area contributed by atoms with Crippen molar-refractivity contribution in [2.24, 2.45) is 0 Å². The molecule has 8 nitrogen and oxygen atoms in total. The first kappa shape index (κ1) is 21.8. The van der Waals surface area contributed by atoms with Crippen molar-refractivity contribution in [3.63, 3.8) is 0 Å². The molecule has 4 aromatic rings. The Kier molecular flexibility index (Phi) is 5.90.